The van der Waals surface area contributed by atoms with Crippen LogP contribution in [-0.4, -0.2) is 22.0 Å². The molecule has 0 aliphatic heterocycles. The number of aryl methyl sites for hydroxylation is 1. The lowest BCUT2D eigenvalue weighted by molar-refractivity contribution is 0.242. The molecule has 2 aromatic heterocycles. The fourth-order valence-electron chi connectivity index (χ4n) is 1.70. The molecule has 2 aromatic rings. The monoisotopic (exact) mass is 251 g/mol. The van der Waals surface area contributed by atoms with Gasteiger partial charge in [0.25, 0.3) is 0 Å². The lowest BCUT2D eigenvalue weighted by Crippen LogP contribution is -2.12. The minimum Gasteiger partial charge on any atom is -0.481 e. The lowest BCUT2D eigenvalue weighted by atomic mass is 10.4. The van der Waals surface area contributed by atoms with Gasteiger partial charge in [0.2, 0.25) is 5.88 Å². The minimum atomic E-state index is -0.0720. The van der Waals surface area contributed by atoms with Crippen molar-refractivity contribution in [1.29, 1.82) is 0 Å². The maximum absolute atomic E-state index is 8.87. The van der Waals surface area contributed by atoms with Crippen LogP contribution in [0.25, 0.3) is 0 Å². The standard InChI is InChI=1S/C12H17N3O3/c1-15-12(17-2)5-9(14-15)6-13-7-10-3-4-11(8-16)18-10/h3-5,13,16H,6-8H2,1-2H3. The highest BCUT2D eigenvalue weighted by Crippen LogP contribution is 2.11. The Balaban J connectivity index is 1.84. The van der Waals surface area contributed by atoms with Gasteiger partial charge in [0.1, 0.15) is 18.1 Å². The number of ether oxygens (including phenoxy) is 1. The van der Waals surface area contributed by atoms with Crippen molar-refractivity contribution in [2.45, 2.75) is 19.7 Å². The Bertz CT molecular complexity index is 504. The van der Waals surface area contributed by atoms with E-state index in [9.17, 15) is 0 Å². The molecular formula is C12H17N3O3. The van der Waals surface area contributed by atoms with Gasteiger partial charge in [-0.2, -0.15) is 5.10 Å². The molecule has 0 aliphatic rings. The van der Waals surface area contributed by atoms with Gasteiger partial charge in [0, 0.05) is 19.7 Å². The van der Waals surface area contributed by atoms with E-state index < -0.39 is 0 Å². The van der Waals surface area contributed by atoms with E-state index in [-0.39, 0.29) is 6.61 Å². The topological polar surface area (TPSA) is 72.4 Å². The summed E-state index contributed by atoms with van der Waals surface area (Å²) < 4.78 is 12.2. The number of rotatable bonds is 6. The Morgan fingerprint density at radius 2 is 2.17 bits per heavy atom. The number of nitrogens with zero attached hydrogens (tertiary/aromatic N) is 2. The Morgan fingerprint density at radius 3 is 2.78 bits per heavy atom. The molecule has 0 unspecified atom stereocenters. The molecule has 2 heterocycles. The number of nitrogens with one attached hydrogen (secondary N) is 1. The van der Waals surface area contributed by atoms with Gasteiger partial charge in [0.05, 0.1) is 19.3 Å². The minimum absolute atomic E-state index is 0.0720. The van der Waals surface area contributed by atoms with Crippen molar-refractivity contribution >= 4 is 0 Å². The number of methoxy groups -OCH3 is 1. The Hall–Kier alpha value is -1.79. The van der Waals surface area contributed by atoms with Crippen LogP contribution >= 0.6 is 0 Å². The van der Waals surface area contributed by atoms with Crippen LogP contribution in [-0.2, 0) is 26.7 Å². The molecule has 0 spiro atoms. The quantitative estimate of drug-likeness (QED) is 0.794. The molecule has 2 N–H and O–H groups in total. The second-order valence-electron chi connectivity index (χ2n) is 3.93. The predicted molar refractivity (Wildman–Crippen MR) is 64.9 cm³/mol. The first-order chi connectivity index (χ1) is 8.72. The van der Waals surface area contributed by atoms with Gasteiger partial charge in [-0.1, -0.05) is 0 Å². The molecular weight excluding hydrogens is 234 g/mol. The molecule has 98 valence electrons. The summed E-state index contributed by atoms with van der Waals surface area (Å²) in [6.45, 7) is 1.16. The first-order valence-electron chi connectivity index (χ1n) is 5.69. The predicted octanol–water partition coefficient (Wildman–Crippen LogP) is 0.804. The van der Waals surface area contributed by atoms with E-state index in [0.29, 0.717) is 18.8 Å². The molecule has 6 nitrogen and oxygen atoms in total. The van der Waals surface area contributed by atoms with Crippen molar-refractivity contribution < 1.29 is 14.3 Å². The number of furan rings is 1. The van der Waals surface area contributed by atoms with Gasteiger partial charge in [-0.25, -0.2) is 4.68 Å². The zero-order chi connectivity index (χ0) is 13.0. The average Bonchev–Trinajstić information content (AvgIpc) is 2.96. The number of hydrogen-bond donors (Lipinski definition) is 2. The summed E-state index contributed by atoms with van der Waals surface area (Å²) in [5, 5.41) is 16.4. The SMILES string of the molecule is COc1cc(CNCc2ccc(CO)o2)nn1C. The summed E-state index contributed by atoms with van der Waals surface area (Å²) in [6, 6.07) is 5.49. The summed E-state index contributed by atoms with van der Waals surface area (Å²) in [4.78, 5) is 0. The fourth-order valence-corrected chi connectivity index (χ4v) is 1.70. The molecule has 0 bridgehead atoms. The van der Waals surface area contributed by atoms with Gasteiger partial charge >= 0.3 is 0 Å². The molecule has 0 radical (unpaired) electrons. The zero-order valence-corrected chi connectivity index (χ0v) is 10.5. The average molecular weight is 251 g/mol. The van der Waals surface area contributed by atoms with Crippen LogP contribution in [0.15, 0.2) is 22.6 Å². The summed E-state index contributed by atoms with van der Waals surface area (Å²) >= 11 is 0. The van der Waals surface area contributed by atoms with E-state index in [1.165, 1.54) is 0 Å². The van der Waals surface area contributed by atoms with Gasteiger partial charge in [-0.3, -0.25) is 0 Å². The van der Waals surface area contributed by atoms with Crippen molar-refractivity contribution in [3.63, 3.8) is 0 Å². The number of hydrogen-bond acceptors (Lipinski definition) is 5. The van der Waals surface area contributed by atoms with Crippen molar-refractivity contribution in [1.82, 2.24) is 15.1 Å². The second-order valence-corrected chi connectivity index (χ2v) is 3.93. The van der Waals surface area contributed by atoms with Gasteiger partial charge < -0.3 is 19.6 Å². The van der Waals surface area contributed by atoms with Crippen LogP contribution in [0.2, 0.25) is 0 Å². The highest BCUT2D eigenvalue weighted by molar-refractivity contribution is 5.15. The third-order valence-corrected chi connectivity index (χ3v) is 2.58. The fraction of sp³-hybridized carbons (Fsp3) is 0.417. The summed E-state index contributed by atoms with van der Waals surface area (Å²) in [5.41, 5.74) is 0.906. The van der Waals surface area contributed by atoms with E-state index >= 15 is 0 Å². The summed E-state index contributed by atoms with van der Waals surface area (Å²) in [7, 11) is 3.45. The molecule has 0 fully saturated rings. The Morgan fingerprint density at radius 1 is 1.39 bits per heavy atom. The molecule has 0 saturated carbocycles. The molecule has 6 heteroatoms. The highest BCUT2D eigenvalue weighted by Gasteiger charge is 2.05. The van der Waals surface area contributed by atoms with Gasteiger partial charge in [-0.05, 0) is 12.1 Å². The highest BCUT2D eigenvalue weighted by atomic mass is 16.5. The Kier molecular flexibility index (Phi) is 4.01. The first-order valence-corrected chi connectivity index (χ1v) is 5.69. The molecule has 0 aliphatic carbocycles. The zero-order valence-electron chi connectivity index (χ0n) is 10.5. The van der Waals surface area contributed by atoms with E-state index in [2.05, 4.69) is 10.4 Å². The van der Waals surface area contributed by atoms with E-state index in [4.69, 9.17) is 14.3 Å². The van der Waals surface area contributed by atoms with Crippen molar-refractivity contribution in [3.8, 4) is 5.88 Å². The number of aliphatic hydroxyl groups is 1. The van der Waals surface area contributed by atoms with E-state index in [1.807, 2.05) is 19.2 Å². The third-order valence-electron chi connectivity index (χ3n) is 2.58. The normalized spacial score (nSPS) is 10.8. The van der Waals surface area contributed by atoms with Crippen LogP contribution in [0.4, 0.5) is 0 Å². The second kappa shape index (κ2) is 5.70. The van der Waals surface area contributed by atoms with E-state index in [1.54, 1.807) is 17.9 Å². The van der Waals surface area contributed by atoms with E-state index in [0.717, 1.165) is 17.3 Å². The largest absolute Gasteiger partial charge is 0.481 e. The van der Waals surface area contributed by atoms with Gasteiger partial charge in [0.15, 0.2) is 0 Å². The maximum Gasteiger partial charge on any atom is 0.211 e. The van der Waals surface area contributed by atoms with Crippen LogP contribution in [0, 0.1) is 0 Å². The summed E-state index contributed by atoms with van der Waals surface area (Å²) in [5.74, 6) is 2.10. The Labute approximate surface area is 105 Å². The van der Waals surface area contributed by atoms with Crippen LogP contribution < -0.4 is 10.1 Å². The number of aliphatic hydroxyl groups excluding tert-OH is 1. The number of aromatic nitrogens is 2. The maximum atomic E-state index is 8.87. The molecule has 0 saturated heterocycles. The van der Waals surface area contributed by atoms with Crippen molar-refractivity contribution in [2.75, 3.05) is 7.11 Å². The molecule has 0 aromatic carbocycles. The molecule has 0 amide bonds. The van der Waals surface area contributed by atoms with Crippen molar-refractivity contribution in [2.24, 2.45) is 7.05 Å². The summed E-state index contributed by atoms with van der Waals surface area (Å²) in [6.07, 6.45) is 0. The third kappa shape index (κ3) is 2.91. The van der Waals surface area contributed by atoms with Crippen LogP contribution in [0.1, 0.15) is 17.2 Å². The lowest BCUT2D eigenvalue weighted by Gasteiger charge is -1.99. The smallest absolute Gasteiger partial charge is 0.211 e. The molecule has 0 atom stereocenters. The molecule has 18 heavy (non-hydrogen) atoms. The van der Waals surface area contributed by atoms with Gasteiger partial charge in [-0.15, -0.1) is 0 Å². The molecule has 2 rings (SSSR count). The van der Waals surface area contributed by atoms with Crippen molar-refractivity contribution in [3.05, 3.63) is 35.4 Å². The van der Waals surface area contributed by atoms with Crippen LogP contribution in [0.3, 0.4) is 0 Å². The van der Waals surface area contributed by atoms with Crippen LogP contribution in [0.5, 0.6) is 5.88 Å². The first kappa shape index (κ1) is 12.7.